The standard InChI is InChI=1S/C27H30N2O4/c1-21-8-5-6-11-26(21)33-27-16-18-28(20-25(27)22-9-3-2-4-10-22)17-7-19-32-24-14-12-23(13-15-24)29(30)31/h2-6,8-15,25,27H,7,16-20H2,1H3. The normalized spacial score (nSPS) is 18.6. The van der Waals surface area contributed by atoms with E-state index in [4.69, 9.17) is 9.47 Å². The maximum Gasteiger partial charge on any atom is 0.269 e. The second-order valence-corrected chi connectivity index (χ2v) is 8.48. The first kappa shape index (κ1) is 22.8. The predicted molar refractivity (Wildman–Crippen MR) is 129 cm³/mol. The Hall–Kier alpha value is -3.38. The molecule has 1 saturated heterocycles. The van der Waals surface area contributed by atoms with E-state index in [9.17, 15) is 10.1 Å². The molecule has 3 aromatic rings. The van der Waals surface area contributed by atoms with Crippen molar-refractivity contribution in [3.63, 3.8) is 0 Å². The maximum atomic E-state index is 10.8. The predicted octanol–water partition coefficient (Wildman–Crippen LogP) is 5.61. The molecule has 0 aromatic heterocycles. The molecule has 1 fully saturated rings. The second kappa shape index (κ2) is 11.0. The molecule has 0 radical (unpaired) electrons. The third kappa shape index (κ3) is 6.11. The number of hydrogen-bond donors (Lipinski definition) is 0. The van der Waals surface area contributed by atoms with E-state index in [0.717, 1.165) is 43.8 Å². The zero-order valence-electron chi connectivity index (χ0n) is 18.9. The first-order valence-corrected chi connectivity index (χ1v) is 11.5. The Morgan fingerprint density at radius 2 is 1.73 bits per heavy atom. The Morgan fingerprint density at radius 1 is 1.00 bits per heavy atom. The van der Waals surface area contributed by atoms with Gasteiger partial charge in [-0.25, -0.2) is 0 Å². The van der Waals surface area contributed by atoms with Gasteiger partial charge < -0.3 is 14.4 Å². The third-order valence-corrected chi connectivity index (χ3v) is 6.17. The summed E-state index contributed by atoms with van der Waals surface area (Å²) in [6.07, 6.45) is 2.00. The molecular formula is C27H30N2O4. The number of ether oxygens (including phenoxy) is 2. The van der Waals surface area contributed by atoms with Gasteiger partial charge in [-0.05, 0) is 49.1 Å². The number of piperidine rings is 1. The average molecular weight is 447 g/mol. The van der Waals surface area contributed by atoms with Gasteiger partial charge in [0.05, 0.1) is 11.5 Å². The van der Waals surface area contributed by atoms with Crippen molar-refractivity contribution < 1.29 is 14.4 Å². The van der Waals surface area contributed by atoms with Crippen LogP contribution >= 0.6 is 0 Å². The number of nitro benzene ring substituents is 1. The van der Waals surface area contributed by atoms with Gasteiger partial charge in [0.1, 0.15) is 17.6 Å². The highest BCUT2D eigenvalue weighted by atomic mass is 16.6. The van der Waals surface area contributed by atoms with Crippen LogP contribution in [-0.4, -0.2) is 42.2 Å². The Bertz CT molecular complexity index is 1040. The molecule has 0 bridgehead atoms. The van der Waals surface area contributed by atoms with Gasteiger partial charge in [-0.3, -0.25) is 10.1 Å². The van der Waals surface area contributed by atoms with Crippen LogP contribution in [0.5, 0.6) is 11.5 Å². The summed E-state index contributed by atoms with van der Waals surface area (Å²) in [6, 6.07) is 25.1. The smallest absolute Gasteiger partial charge is 0.269 e. The molecule has 4 rings (SSSR count). The van der Waals surface area contributed by atoms with E-state index in [1.54, 1.807) is 12.1 Å². The Balaban J connectivity index is 1.33. The number of nitrogens with zero attached hydrogens (tertiary/aromatic N) is 2. The monoisotopic (exact) mass is 446 g/mol. The molecule has 0 N–H and O–H groups in total. The summed E-state index contributed by atoms with van der Waals surface area (Å²) < 4.78 is 12.3. The highest BCUT2D eigenvalue weighted by Gasteiger charge is 2.32. The fourth-order valence-corrected chi connectivity index (χ4v) is 4.36. The van der Waals surface area contributed by atoms with E-state index in [1.165, 1.54) is 17.7 Å². The fraction of sp³-hybridized carbons (Fsp3) is 0.333. The van der Waals surface area contributed by atoms with E-state index in [-0.39, 0.29) is 11.8 Å². The van der Waals surface area contributed by atoms with Crippen LogP contribution in [0.4, 0.5) is 5.69 Å². The quantitative estimate of drug-likeness (QED) is 0.243. The molecular weight excluding hydrogens is 416 g/mol. The Labute approximate surface area is 194 Å². The number of non-ortho nitro benzene ring substituents is 1. The molecule has 3 aromatic carbocycles. The third-order valence-electron chi connectivity index (χ3n) is 6.17. The molecule has 33 heavy (non-hydrogen) atoms. The van der Waals surface area contributed by atoms with Crippen LogP contribution in [0.1, 0.15) is 29.9 Å². The lowest BCUT2D eigenvalue weighted by molar-refractivity contribution is -0.384. The van der Waals surface area contributed by atoms with Crippen molar-refractivity contribution >= 4 is 5.69 Å². The summed E-state index contributed by atoms with van der Waals surface area (Å²) in [4.78, 5) is 12.8. The lowest BCUT2D eigenvalue weighted by Gasteiger charge is -2.39. The van der Waals surface area contributed by atoms with E-state index in [2.05, 4.69) is 54.3 Å². The lowest BCUT2D eigenvalue weighted by Crippen LogP contribution is -2.44. The molecule has 1 heterocycles. The van der Waals surface area contributed by atoms with Crippen molar-refractivity contribution in [3.05, 3.63) is 100 Å². The number of likely N-dealkylation sites (tertiary alicyclic amines) is 1. The largest absolute Gasteiger partial charge is 0.494 e. The van der Waals surface area contributed by atoms with Gasteiger partial charge in [0.2, 0.25) is 0 Å². The Morgan fingerprint density at radius 3 is 2.45 bits per heavy atom. The Kier molecular flexibility index (Phi) is 7.58. The average Bonchev–Trinajstić information content (AvgIpc) is 2.85. The van der Waals surface area contributed by atoms with Crippen LogP contribution in [0.15, 0.2) is 78.9 Å². The van der Waals surface area contributed by atoms with Gasteiger partial charge in [0, 0.05) is 37.7 Å². The summed E-state index contributed by atoms with van der Waals surface area (Å²) in [6.45, 7) is 5.53. The van der Waals surface area contributed by atoms with Crippen LogP contribution in [-0.2, 0) is 0 Å². The SMILES string of the molecule is Cc1ccccc1OC1CCN(CCCOc2ccc([N+](=O)[O-])cc2)CC1c1ccccc1. The fourth-order valence-electron chi connectivity index (χ4n) is 4.36. The van der Waals surface area contributed by atoms with Crippen LogP contribution in [0.2, 0.25) is 0 Å². The molecule has 0 amide bonds. The number of aryl methyl sites for hydroxylation is 1. The van der Waals surface area contributed by atoms with Crippen LogP contribution in [0, 0.1) is 17.0 Å². The highest BCUT2D eigenvalue weighted by molar-refractivity contribution is 5.36. The van der Waals surface area contributed by atoms with Crippen molar-refractivity contribution in [2.24, 2.45) is 0 Å². The summed E-state index contributed by atoms with van der Waals surface area (Å²) in [5.41, 5.74) is 2.54. The zero-order chi connectivity index (χ0) is 23.0. The summed E-state index contributed by atoms with van der Waals surface area (Å²) in [5.74, 6) is 1.93. The molecule has 1 aliphatic heterocycles. The van der Waals surface area contributed by atoms with Gasteiger partial charge >= 0.3 is 0 Å². The van der Waals surface area contributed by atoms with Crippen molar-refractivity contribution in [1.29, 1.82) is 0 Å². The molecule has 6 nitrogen and oxygen atoms in total. The highest BCUT2D eigenvalue weighted by Crippen LogP contribution is 2.32. The number of benzene rings is 3. The zero-order valence-corrected chi connectivity index (χ0v) is 18.9. The topological polar surface area (TPSA) is 64.8 Å². The summed E-state index contributed by atoms with van der Waals surface area (Å²) >= 11 is 0. The molecule has 0 aliphatic carbocycles. The van der Waals surface area contributed by atoms with Gasteiger partial charge in [-0.1, -0.05) is 48.5 Å². The first-order valence-electron chi connectivity index (χ1n) is 11.5. The van der Waals surface area contributed by atoms with Crippen LogP contribution < -0.4 is 9.47 Å². The van der Waals surface area contributed by atoms with Crippen molar-refractivity contribution in [3.8, 4) is 11.5 Å². The molecule has 0 saturated carbocycles. The van der Waals surface area contributed by atoms with E-state index in [0.29, 0.717) is 18.3 Å². The minimum absolute atomic E-state index is 0.0742. The molecule has 2 unspecified atom stereocenters. The number of rotatable bonds is 9. The summed E-state index contributed by atoms with van der Waals surface area (Å²) in [5, 5.41) is 10.8. The van der Waals surface area contributed by atoms with E-state index >= 15 is 0 Å². The van der Waals surface area contributed by atoms with Crippen LogP contribution in [0.25, 0.3) is 0 Å². The molecule has 172 valence electrons. The summed E-state index contributed by atoms with van der Waals surface area (Å²) in [7, 11) is 0. The van der Waals surface area contributed by atoms with Gasteiger partial charge in [-0.2, -0.15) is 0 Å². The van der Waals surface area contributed by atoms with Crippen molar-refractivity contribution in [1.82, 2.24) is 4.90 Å². The lowest BCUT2D eigenvalue weighted by atomic mass is 9.87. The second-order valence-electron chi connectivity index (χ2n) is 8.48. The minimum atomic E-state index is -0.403. The van der Waals surface area contributed by atoms with E-state index in [1.807, 2.05) is 12.1 Å². The molecule has 1 aliphatic rings. The van der Waals surface area contributed by atoms with Gasteiger partial charge in [0.15, 0.2) is 0 Å². The van der Waals surface area contributed by atoms with Gasteiger partial charge in [-0.15, -0.1) is 0 Å². The molecule has 6 heteroatoms. The molecule has 0 spiro atoms. The first-order chi connectivity index (χ1) is 16.1. The maximum absolute atomic E-state index is 10.8. The number of hydrogen-bond acceptors (Lipinski definition) is 5. The van der Waals surface area contributed by atoms with Crippen molar-refractivity contribution in [2.75, 3.05) is 26.2 Å². The molecule has 2 atom stereocenters. The number of para-hydroxylation sites is 1. The van der Waals surface area contributed by atoms with E-state index < -0.39 is 4.92 Å². The van der Waals surface area contributed by atoms with Crippen LogP contribution in [0.3, 0.4) is 0 Å². The number of nitro groups is 1. The van der Waals surface area contributed by atoms with Gasteiger partial charge in [0.25, 0.3) is 5.69 Å². The minimum Gasteiger partial charge on any atom is -0.494 e. The van der Waals surface area contributed by atoms with Crippen molar-refractivity contribution in [2.45, 2.75) is 31.8 Å².